The van der Waals surface area contributed by atoms with Crippen molar-refractivity contribution in [1.82, 2.24) is 0 Å². The van der Waals surface area contributed by atoms with Crippen LogP contribution in [0.5, 0.6) is 0 Å². The van der Waals surface area contributed by atoms with E-state index in [0.29, 0.717) is 18.6 Å². The highest BCUT2D eigenvalue weighted by Gasteiger charge is 2.09. The first-order valence-corrected chi connectivity index (χ1v) is 4.44. The zero-order valence-electron chi connectivity index (χ0n) is 8.16. The summed E-state index contributed by atoms with van der Waals surface area (Å²) in [6.45, 7) is 5.72. The first kappa shape index (κ1) is 10.7. The molecule has 1 radical (unpaired) electrons. The lowest BCUT2D eigenvalue weighted by atomic mass is 10.1. The Morgan fingerprint density at radius 2 is 2.14 bits per heavy atom. The first-order chi connectivity index (χ1) is 6.75. The van der Waals surface area contributed by atoms with Gasteiger partial charge in [-0.05, 0) is 25.0 Å². The molecule has 3 heteroatoms. The van der Waals surface area contributed by atoms with Gasteiger partial charge in [0.15, 0.2) is 0 Å². The molecule has 0 spiro atoms. The van der Waals surface area contributed by atoms with E-state index in [2.05, 4.69) is 16.7 Å². The van der Waals surface area contributed by atoms with E-state index in [0.717, 1.165) is 5.56 Å². The van der Waals surface area contributed by atoms with Crippen LogP contribution in [0, 0.1) is 13.8 Å². The lowest BCUT2D eigenvalue weighted by Crippen LogP contribution is -2.08. The third kappa shape index (κ3) is 2.85. The number of hydrogen-bond donors (Lipinski definition) is 0. The van der Waals surface area contributed by atoms with Crippen LogP contribution in [0.1, 0.15) is 22.3 Å². The molecule has 0 bridgehead atoms. The highest BCUT2D eigenvalue weighted by molar-refractivity contribution is 5.90. The van der Waals surface area contributed by atoms with Gasteiger partial charge < -0.3 is 0 Å². The van der Waals surface area contributed by atoms with Crippen molar-refractivity contribution in [3.05, 3.63) is 42.3 Å². The van der Waals surface area contributed by atoms with Crippen LogP contribution in [0.4, 0.5) is 0 Å². The summed E-state index contributed by atoms with van der Waals surface area (Å²) in [7, 11) is 0. The van der Waals surface area contributed by atoms with Gasteiger partial charge in [0.2, 0.25) is 0 Å². The normalized spacial score (nSPS) is 9.86. The fraction of sp³-hybridized carbons (Fsp3) is 0.273. The van der Waals surface area contributed by atoms with Crippen molar-refractivity contribution in [1.29, 1.82) is 0 Å². The molecular weight excluding hydrogens is 180 g/mol. The summed E-state index contributed by atoms with van der Waals surface area (Å²) in [6.07, 6.45) is 0.570. The van der Waals surface area contributed by atoms with Crippen LogP contribution >= 0.6 is 0 Å². The number of aryl methyl sites for hydroxylation is 1. The fourth-order valence-corrected chi connectivity index (χ4v) is 1.00. The average Bonchev–Trinajstić information content (AvgIpc) is 2.18. The van der Waals surface area contributed by atoms with Gasteiger partial charge in [-0.3, -0.25) is 4.89 Å². The SMILES string of the molecule is [CH2]CCOOC(=O)c1ccccc1C. The molecule has 0 aliphatic carbocycles. The monoisotopic (exact) mass is 193 g/mol. The molecule has 0 unspecified atom stereocenters. The summed E-state index contributed by atoms with van der Waals surface area (Å²) in [5.41, 5.74) is 1.40. The first-order valence-electron chi connectivity index (χ1n) is 4.44. The van der Waals surface area contributed by atoms with Crippen LogP contribution in [0.3, 0.4) is 0 Å². The van der Waals surface area contributed by atoms with Gasteiger partial charge in [-0.1, -0.05) is 25.1 Å². The van der Waals surface area contributed by atoms with Crippen molar-refractivity contribution in [2.45, 2.75) is 13.3 Å². The van der Waals surface area contributed by atoms with Gasteiger partial charge in [0.05, 0.1) is 12.2 Å². The number of rotatable bonds is 4. The quantitative estimate of drug-likeness (QED) is 0.418. The van der Waals surface area contributed by atoms with Crippen LogP contribution in [-0.4, -0.2) is 12.6 Å². The fourth-order valence-electron chi connectivity index (χ4n) is 1.00. The number of carbonyl (C=O) groups is 1. The molecule has 0 saturated carbocycles. The van der Waals surface area contributed by atoms with Crippen LogP contribution in [0.2, 0.25) is 0 Å². The lowest BCUT2D eigenvalue weighted by Gasteiger charge is -2.04. The second-order valence-electron chi connectivity index (χ2n) is 2.86. The molecular formula is C11H13O3. The standard InChI is InChI=1S/C11H13O3/c1-3-8-13-14-11(12)10-7-5-4-6-9(10)2/h4-7H,1,3,8H2,2H3. The zero-order valence-corrected chi connectivity index (χ0v) is 8.16. The van der Waals surface area contributed by atoms with Crippen molar-refractivity contribution in [3.8, 4) is 0 Å². The van der Waals surface area contributed by atoms with Crippen molar-refractivity contribution in [2.75, 3.05) is 6.61 Å². The van der Waals surface area contributed by atoms with Crippen LogP contribution < -0.4 is 0 Å². The van der Waals surface area contributed by atoms with Crippen molar-refractivity contribution in [3.63, 3.8) is 0 Å². The lowest BCUT2D eigenvalue weighted by molar-refractivity contribution is -0.239. The number of hydrogen-bond acceptors (Lipinski definition) is 3. The summed E-state index contributed by atoms with van der Waals surface area (Å²) in [5, 5.41) is 0. The molecule has 1 aromatic rings. The van der Waals surface area contributed by atoms with Gasteiger partial charge in [0.25, 0.3) is 0 Å². The molecule has 0 atom stereocenters. The molecule has 0 heterocycles. The van der Waals surface area contributed by atoms with Gasteiger partial charge in [-0.15, -0.1) is 0 Å². The van der Waals surface area contributed by atoms with E-state index in [9.17, 15) is 4.79 Å². The Morgan fingerprint density at radius 3 is 2.79 bits per heavy atom. The van der Waals surface area contributed by atoms with E-state index in [1.165, 1.54) is 0 Å². The number of benzene rings is 1. The van der Waals surface area contributed by atoms with Crippen LogP contribution in [0.15, 0.2) is 24.3 Å². The maximum absolute atomic E-state index is 11.4. The second-order valence-corrected chi connectivity index (χ2v) is 2.86. The molecule has 0 aliphatic heterocycles. The Hall–Kier alpha value is -1.35. The molecule has 0 aromatic heterocycles. The molecule has 0 N–H and O–H groups in total. The van der Waals surface area contributed by atoms with Crippen LogP contribution in [0.25, 0.3) is 0 Å². The minimum Gasteiger partial charge on any atom is -0.293 e. The summed E-state index contributed by atoms with van der Waals surface area (Å²) in [5.74, 6) is -0.462. The number of carbonyl (C=O) groups excluding carboxylic acids is 1. The Kier molecular flexibility index (Phi) is 4.13. The maximum atomic E-state index is 11.4. The summed E-state index contributed by atoms with van der Waals surface area (Å²) in [6, 6.07) is 7.19. The molecule has 0 amide bonds. The smallest absolute Gasteiger partial charge is 0.293 e. The van der Waals surface area contributed by atoms with E-state index < -0.39 is 5.97 Å². The van der Waals surface area contributed by atoms with E-state index in [1.54, 1.807) is 12.1 Å². The molecule has 3 nitrogen and oxygen atoms in total. The van der Waals surface area contributed by atoms with Crippen molar-refractivity contribution < 1.29 is 14.6 Å². The van der Waals surface area contributed by atoms with Gasteiger partial charge >= 0.3 is 5.97 Å². The summed E-state index contributed by atoms with van der Waals surface area (Å²) < 4.78 is 0. The third-order valence-electron chi connectivity index (χ3n) is 1.73. The van der Waals surface area contributed by atoms with E-state index in [4.69, 9.17) is 0 Å². The summed E-state index contributed by atoms with van der Waals surface area (Å²) in [4.78, 5) is 20.6. The van der Waals surface area contributed by atoms with E-state index in [-0.39, 0.29) is 0 Å². The maximum Gasteiger partial charge on any atom is 0.373 e. The molecule has 0 aliphatic rings. The van der Waals surface area contributed by atoms with Gasteiger partial charge in [0.1, 0.15) is 0 Å². The van der Waals surface area contributed by atoms with E-state index in [1.807, 2.05) is 19.1 Å². The predicted octanol–water partition coefficient (Wildman–Crippen LogP) is 2.31. The van der Waals surface area contributed by atoms with E-state index >= 15 is 0 Å². The third-order valence-corrected chi connectivity index (χ3v) is 1.73. The Bertz CT molecular complexity index is 307. The highest BCUT2D eigenvalue weighted by Crippen LogP contribution is 2.08. The topological polar surface area (TPSA) is 35.5 Å². The molecule has 0 fully saturated rings. The second kappa shape index (κ2) is 5.40. The van der Waals surface area contributed by atoms with Crippen LogP contribution in [-0.2, 0) is 9.78 Å². The van der Waals surface area contributed by atoms with Gasteiger partial charge in [-0.25, -0.2) is 4.79 Å². The highest BCUT2D eigenvalue weighted by atomic mass is 17.2. The van der Waals surface area contributed by atoms with Crippen molar-refractivity contribution >= 4 is 5.97 Å². The largest absolute Gasteiger partial charge is 0.373 e. The van der Waals surface area contributed by atoms with Gasteiger partial charge in [-0.2, -0.15) is 4.89 Å². The molecule has 75 valence electrons. The predicted molar refractivity (Wildman–Crippen MR) is 52.5 cm³/mol. The molecule has 0 saturated heterocycles. The zero-order chi connectivity index (χ0) is 10.4. The Balaban J connectivity index is 2.56. The minimum atomic E-state index is -0.462. The Labute approximate surface area is 83.6 Å². The van der Waals surface area contributed by atoms with Crippen molar-refractivity contribution in [2.24, 2.45) is 0 Å². The Morgan fingerprint density at radius 1 is 1.43 bits per heavy atom. The molecule has 14 heavy (non-hydrogen) atoms. The van der Waals surface area contributed by atoms with Gasteiger partial charge in [0, 0.05) is 0 Å². The average molecular weight is 193 g/mol. The summed E-state index contributed by atoms with van der Waals surface area (Å²) >= 11 is 0. The minimum absolute atomic E-state index is 0.317. The molecule has 1 rings (SSSR count). The molecule has 1 aromatic carbocycles.